The lowest BCUT2D eigenvalue weighted by atomic mass is 9.49. The summed E-state index contributed by atoms with van der Waals surface area (Å²) >= 11 is 5.47. The molecular formula is C16H22N2S. The highest BCUT2D eigenvalue weighted by Gasteiger charge is 2.50. The maximum absolute atomic E-state index is 5.93. The summed E-state index contributed by atoms with van der Waals surface area (Å²) in [5.74, 6) is 3.00. The van der Waals surface area contributed by atoms with Gasteiger partial charge in [-0.15, -0.1) is 0 Å². The van der Waals surface area contributed by atoms with Gasteiger partial charge >= 0.3 is 0 Å². The molecule has 4 aliphatic carbocycles. The van der Waals surface area contributed by atoms with E-state index in [1.54, 1.807) is 0 Å². The molecule has 0 amide bonds. The van der Waals surface area contributed by atoms with Crippen LogP contribution >= 0.6 is 12.2 Å². The van der Waals surface area contributed by atoms with Crippen molar-refractivity contribution in [3.63, 3.8) is 0 Å². The average molecular weight is 274 g/mol. The second-order valence-corrected chi connectivity index (χ2v) is 7.76. The Balaban J connectivity index is 1.66. The Morgan fingerprint density at radius 1 is 1.11 bits per heavy atom. The highest BCUT2D eigenvalue weighted by molar-refractivity contribution is 7.71. The van der Waals surface area contributed by atoms with Gasteiger partial charge in [-0.05, 0) is 73.8 Å². The Hall–Kier alpha value is -0.830. The number of anilines is 1. The molecule has 0 unspecified atom stereocenters. The van der Waals surface area contributed by atoms with E-state index in [0.29, 0.717) is 5.41 Å². The first-order valence-electron chi connectivity index (χ1n) is 7.58. The molecule has 2 N–H and O–H groups in total. The first-order valence-corrected chi connectivity index (χ1v) is 7.99. The number of rotatable bonds is 2. The van der Waals surface area contributed by atoms with Crippen LogP contribution < -0.4 is 5.73 Å². The summed E-state index contributed by atoms with van der Waals surface area (Å²) in [7, 11) is 0. The highest BCUT2D eigenvalue weighted by Crippen LogP contribution is 2.60. The molecule has 4 bridgehead atoms. The lowest BCUT2D eigenvalue weighted by Crippen LogP contribution is -2.47. The van der Waals surface area contributed by atoms with E-state index in [0.717, 1.165) is 34.6 Å². The van der Waals surface area contributed by atoms with Gasteiger partial charge < -0.3 is 10.3 Å². The molecule has 102 valence electrons. The molecule has 3 heteroatoms. The predicted octanol–water partition coefficient (Wildman–Crippen LogP) is 4.02. The molecule has 4 saturated carbocycles. The Kier molecular flexibility index (Phi) is 2.57. The van der Waals surface area contributed by atoms with Crippen molar-refractivity contribution in [1.29, 1.82) is 0 Å². The largest absolute Gasteiger partial charge is 0.398 e. The molecule has 4 fully saturated rings. The monoisotopic (exact) mass is 274 g/mol. The summed E-state index contributed by atoms with van der Waals surface area (Å²) in [6.07, 6.45) is 10.8. The zero-order valence-corrected chi connectivity index (χ0v) is 12.2. The lowest BCUT2D eigenvalue weighted by Gasteiger charge is -2.57. The second-order valence-electron chi connectivity index (χ2n) is 7.35. The van der Waals surface area contributed by atoms with E-state index in [1.165, 1.54) is 38.5 Å². The van der Waals surface area contributed by atoms with E-state index in [-0.39, 0.29) is 0 Å². The van der Waals surface area contributed by atoms with Crippen molar-refractivity contribution in [2.75, 3.05) is 5.73 Å². The zero-order chi connectivity index (χ0) is 13.0. The maximum atomic E-state index is 5.93. The van der Waals surface area contributed by atoms with E-state index in [9.17, 15) is 0 Å². The van der Waals surface area contributed by atoms with Crippen molar-refractivity contribution in [1.82, 2.24) is 4.57 Å². The van der Waals surface area contributed by atoms with Gasteiger partial charge in [0.15, 0.2) is 0 Å². The van der Waals surface area contributed by atoms with Crippen molar-refractivity contribution < 1.29 is 0 Å². The number of nitrogen functional groups attached to an aromatic ring is 1. The second kappa shape index (κ2) is 4.08. The molecular weight excluding hydrogens is 252 g/mol. The van der Waals surface area contributed by atoms with Crippen LogP contribution in [0.1, 0.15) is 38.5 Å². The molecule has 4 aliphatic rings. The normalized spacial score (nSPS) is 39.7. The van der Waals surface area contributed by atoms with Crippen molar-refractivity contribution in [3.05, 3.63) is 23.0 Å². The van der Waals surface area contributed by atoms with Crippen molar-refractivity contribution in [2.24, 2.45) is 23.2 Å². The third kappa shape index (κ3) is 2.03. The zero-order valence-electron chi connectivity index (χ0n) is 11.3. The molecule has 0 radical (unpaired) electrons. The number of aromatic nitrogens is 1. The fourth-order valence-electron chi connectivity index (χ4n) is 5.52. The Morgan fingerprint density at radius 2 is 1.68 bits per heavy atom. The number of hydrogen-bond donors (Lipinski definition) is 1. The van der Waals surface area contributed by atoms with E-state index in [2.05, 4.69) is 4.57 Å². The molecule has 1 aromatic rings. The first-order chi connectivity index (χ1) is 9.12. The van der Waals surface area contributed by atoms with E-state index < -0.39 is 0 Å². The van der Waals surface area contributed by atoms with Crippen LogP contribution in [0.3, 0.4) is 0 Å². The maximum Gasteiger partial charge on any atom is 0.105 e. The van der Waals surface area contributed by atoms with Gasteiger partial charge in [-0.1, -0.05) is 12.2 Å². The fraction of sp³-hybridized carbons (Fsp3) is 0.688. The SMILES string of the molecule is Nc1ccc(=S)n(CC23CC4CC(CC(C4)C2)C3)c1. The highest BCUT2D eigenvalue weighted by atomic mass is 32.1. The van der Waals surface area contributed by atoms with Crippen molar-refractivity contribution in [3.8, 4) is 0 Å². The van der Waals surface area contributed by atoms with Crippen molar-refractivity contribution >= 4 is 17.9 Å². The third-order valence-electron chi connectivity index (χ3n) is 5.68. The van der Waals surface area contributed by atoms with Gasteiger partial charge in [-0.25, -0.2) is 0 Å². The van der Waals surface area contributed by atoms with Gasteiger partial charge in [0.25, 0.3) is 0 Å². The quantitative estimate of drug-likeness (QED) is 0.826. The number of hydrogen-bond acceptors (Lipinski definition) is 2. The lowest BCUT2D eigenvalue weighted by molar-refractivity contribution is -0.0621. The van der Waals surface area contributed by atoms with Gasteiger partial charge in [-0.2, -0.15) is 0 Å². The third-order valence-corrected chi connectivity index (χ3v) is 6.05. The minimum absolute atomic E-state index is 0.529. The smallest absolute Gasteiger partial charge is 0.105 e. The van der Waals surface area contributed by atoms with E-state index >= 15 is 0 Å². The summed E-state index contributed by atoms with van der Waals surface area (Å²) < 4.78 is 3.17. The summed E-state index contributed by atoms with van der Waals surface area (Å²) in [5.41, 5.74) is 7.29. The van der Waals surface area contributed by atoms with Crippen LogP contribution in [0, 0.1) is 27.8 Å². The fourth-order valence-corrected chi connectivity index (χ4v) is 5.70. The van der Waals surface area contributed by atoms with Crippen LogP contribution in [-0.2, 0) is 6.54 Å². The molecule has 0 aliphatic heterocycles. The van der Waals surface area contributed by atoms with Gasteiger partial charge in [0, 0.05) is 18.4 Å². The first kappa shape index (κ1) is 12.0. The molecule has 2 nitrogen and oxygen atoms in total. The van der Waals surface area contributed by atoms with Gasteiger partial charge in [-0.3, -0.25) is 0 Å². The van der Waals surface area contributed by atoms with Crippen LogP contribution in [0.15, 0.2) is 18.3 Å². The van der Waals surface area contributed by atoms with Crippen LogP contribution in [0.25, 0.3) is 0 Å². The molecule has 1 aromatic heterocycles. The van der Waals surface area contributed by atoms with Crippen molar-refractivity contribution in [2.45, 2.75) is 45.1 Å². The molecule has 1 heterocycles. The molecule has 0 saturated heterocycles. The van der Waals surface area contributed by atoms with Gasteiger partial charge in [0.2, 0.25) is 0 Å². The Labute approximate surface area is 120 Å². The Morgan fingerprint density at radius 3 is 2.26 bits per heavy atom. The van der Waals surface area contributed by atoms with Crippen LogP contribution in [-0.4, -0.2) is 4.57 Å². The standard InChI is InChI=1S/C16H22N2S/c17-14-1-2-15(19)18(9-14)10-16-6-11-3-12(7-16)5-13(4-11)8-16/h1-2,9,11-13H,3-8,10,17H2. The molecule has 5 rings (SSSR count). The predicted molar refractivity (Wildman–Crippen MR) is 80.3 cm³/mol. The number of nitrogens with two attached hydrogens (primary N) is 1. The van der Waals surface area contributed by atoms with Crippen LogP contribution in [0.5, 0.6) is 0 Å². The Bertz CT molecular complexity index is 525. The van der Waals surface area contributed by atoms with Gasteiger partial charge in [0.1, 0.15) is 4.64 Å². The summed E-state index contributed by atoms with van der Waals surface area (Å²) in [6, 6.07) is 3.89. The number of nitrogens with zero attached hydrogens (tertiary/aromatic N) is 1. The molecule has 0 atom stereocenters. The summed E-state index contributed by atoms with van der Waals surface area (Å²) in [6.45, 7) is 1.10. The van der Waals surface area contributed by atoms with E-state index in [4.69, 9.17) is 18.0 Å². The van der Waals surface area contributed by atoms with Crippen LogP contribution in [0.4, 0.5) is 5.69 Å². The minimum atomic E-state index is 0.529. The van der Waals surface area contributed by atoms with E-state index in [1.807, 2.05) is 18.3 Å². The van der Waals surface area contributed by atoms with Gasteiger partial charge in [0.05, 0.1) is 0 Å². The topological polar surface area (TPSA) is 30.9 Å². The van der Waals surface area contributed by atoms with Crippen LogP contribution in [0.2, 0.25) is 0 Å². The number of pyridine rings is 1. The summed E-state index contributed by atoms with van der Waals surface area (Å²) in [5, 5.41) is 0. The molecule has 0 spiro atoms. The summed E-state index contributed by atoms with van der Waals surface area (Å²) in [4.78, 5) is 0. The average Bonchev–Trinajstić information content (AvgIpc) is 2.31. The molecule has 19 heavy (non-hydrogen) atoms. The molecule has 0 aromatic carbocycles. The minimum Gasteiger partial charge on any atom is -0.398 e.